The summed E-state index contributed by atoms with van der Waals surface area (Å²) in [6.07, 6.45) is -1.75. The minimum Gasteiger partial charge on any atom is -0.223 e. The molecule has 0 spiro atoms. The number of hydrogen-bond acceptors (Lipinski definition) is 4. The largest absolute Gasteiger partial charge is 0.416 e. The van der Waals surface area contributed by atoms with E-state index in [0.29, 0.717) is 24.1 Å². The van der Waals surface area contributed by atoms with Crippen LogP contribution in [0, 0.1) is 0 Å². The van der Waals surface area contributed by atoms with Crippen molar-refractivity contribution in [2.75, 3.05) is 0 Å². The van der Waals surface area contributed by atoms with Crippen LogP contribution in [0.2, 0.25) is 5.28 Å². The number of fused-ring (bicyclic) bond motifs is 1. The Labute approximate surface area is 141 Å². The predicted octanol–water partition coefficient (Wildman–Crippen LogP) is 3.86. The second-order valence-electron chi connectivity index (χ2n) is 5.46. The SMILES string of the molecule is O=S(=O)(c1ccc(C(F)(F)F)cc1)c1nc(Cl)nc2c1CCCC2. The highest BCUT2D eigenvalue weighted by Gasteiger charge is 2.32. The Morgan fingerprint density at radius 2 is 1.62 bits per heavy atom. The lowest BCUT2D eigenvalue weighted by Crippen LogP contribution is -2.16. The number of sulfone groups is 1. The summed E-state index contributed by atoms with van der Waals surface area (Å²) in [7, 11) is -4.07. The molecule has 0 N–H and O–H groups in total. The molecule has 0 saturated carbocycles. The third kappa shape index (κ3) is 3.12. The van der Waals surface area contributed by atoms with Crippen molar-refractivity contribution < 1.29 is 21.6 Å². The van der Waals surface area contributed by atoms with Crippen LogP contribution in [0.1, 0.15) is 29.7 Å². The highest BCUT2D eigenvalue weighted by Crippen LogP contribution is 2.33. The average molecular weight is 377 g/mol. The van der Waals surface area contributed by atoms with Crippen LogP contribution in [0.15, 0.2) is 34.2 Å². The van der Waals surface area contributed by atoms with Crippen LogP contribution >= 0.6 is 11.6 Å². The van der Waals surface area contributed by atoms with E-state index in [4.69, 9.17) is 11.6 Å². The van der Waals surface area contributed by atoms with E-state index in [2.05, 4.69) is 9.97 Å². The fraction of sp³-hybridized carbons (Fsp3) is 0.333. The first kappa shape index (κ1) is 17.2. The molecule has 1 aliphatic rings. The van der Waals surface area contributed by atoms with Crippen molar-refractivity contribution >= 4 is 21.4 Å². The molecule has 0 radical (unpaired) electrons. The molecule has 0 saturated heterocycles. The van der Waals surface area contributed by atoms with Crippen LogP contribution < -0.4 is 0 Å². The van der Waals surface area contributed by atoms with Gasteiger partial charge in [0.1, 0.15) is 0 Å². The molecule has 1 aromatic carbocycles. The molecule has 3 rings (SSSR count). The maximum atomic E-state index is 12.8. The number of aryl methyl sites for hydroxylation is 1. The number of alkyl halides is 3. The molecule has 1 heterocycles. The third-order valence-electron chi connectivity index (χ3n) is 3.86. The second-order valence-corrected chi connectivity index (χ2v) is 7.66. The van der Waals surface area contributed by atoms with Gasteiger partial charge in [-0.1, -0.05) is 0 Å². The summed E-state index contributed by atoms with van der Waals surface area (Å²) in [4.78, 5) is 7.67. The first-order valence-electron chi connectivity index (χ1n) is 7.17. The molecule has 2 aromatic rings. The van der Waals surface area contributed by atoms with Gasteiger partial charge in [0.15, 0.2) is 5.03 Å². The molecule has 0 bridgehead atoms. The van der Waals surface area contributed by atoms with E-state index < -0.39 is 21.6 Å². The second kappa shape index (κ2) is 6.00. The van der Waals surface area contributed by atoms with Gasteiger partial charge in [-0.15, -0.1) is 0 Å². The molecule has 0 unspecified atom stereocenters. The topological polar surface area (TPSA) is 59.9 Å². The molecule has 4 nitrogen and oxygen atoms in total. The van der Waals surface area contributed by atoms with Gasteiger partial charge in [-0.2, -0.15) is 13.2 Å². The van der Waals surface area contributed by atoms with Crippen LogP contribution in [0.3, 0.4) is 0 Å². The van der Waals surface area contributed by atoms with Crippen LogP contribution in [0.25, 0.3) is 0 Å². The van der Waals surface area contributed by atoms with Crippen molar-refractivity contribution in [3.8, 4) is 0 Å². The van der Waals surface area contributed by atoms with E-state index in [0.717, 1.165) is 37.1 Å². The Morgan fingerprint density at radius 1 is 1.00 bits per heavy atom. The van der Waals surface area contributed by atoms with Gasteiger partial charge in [0, 0.05) is 11.3 Å². The zero-order chi connectivity index (χ0) is 17.5. The first-order valence-corrected chi connectivity index (χ1v) is 9.03. The Morgan fingerprint density at radius 3 is 2.25 bits per heavy atom. The van der Waals surface area contributed by atoms with Gasteiger partial charge in [-0.3, -0.25) is 0 Å². The van der Waals surface area contributed by atoms with Crippen molar-refractivity contribution in [3.63, 3.8) is 0 Å². The standard InChI is InChI=1S/C15H12ClF3N2O2S/c16-14-20-12-4-2-1-3-11(12)13(21-14)24(22,23)10-7-5-9(6-8-10)15(17,18)19/h5-8H,1-4H2. The molecule has 0 fully saturated rings. The smallest absolute Gasteiger partial charge is 0.223 e. The molecule has 24 heavy (non-hydrogen) atoms. The quantitative estimate of drug-likeness (QED) is 0.590. The maximum Gasteiger partial charge on any atom is 0.416 e. The molecule has 0 amide bonds. The third-order valence-corrected chi connectivity index (χ3v) is 5.77. The first-order chi connectivity index (χ1) is 11.2. The van der Waals surface area contributed by atoms with Crippen LogP contribution in [-0.2, 0) is 28.9 Å². The predicted molar refractivity (Wildman–Crippen MR) is 80.6 cm³/mol. The summed E-state index contributed by atoms with van der Waals surface area (Å²) >= 11 is 5.82. The Kier molecular flexibility index (Phi) is 4.29. The van der Waals surface area contributed by atoms with Gasteiger partial charge in [-0.05, 0) is 61.5 Å². The number of nitrogens with zero attached hydrogens (tertiary/aromatic N) is 2. The van der Waals surface area contributed by atoms with E-state index >= 15 is 0 Å². The molecule has 9 heteroatoms. The lowest BCUT2D eigenvalue weighted by Gasteiger charge is -2.18. The molecule has 0 aliphatic heterocycles. The fourth-order valence-electron chi connectivity index (χ4n) is 2.69. The van der Waals surface area contributed by atoms with Gasteiger partial charge in [-0.25, -0.2) is 18.4 Å². The summed E-state index contributed by atoms with van der Waals surface area (Å²) in [5.74, 6) is 0. The lowest BCUT2D eigenvalue weighted by atomic mass is 9.98. The number of halogens is 4. The highest BCUT2D eigenvalue weighted by molar-refractivity contribution is 7.91. The van der Waals surface area contributed by atoms with Crippen molar-refractivity contribution in [3.05, 3.63) is 46.4 Å². The zero-order valence-corrected chi connectivity index (χ0v) is 13.8. The molecule has 1 aliphatic carbocycles. The van der Waals surface area contributed by atoms with E-state index in [9.17, 15) is 21.6 Å². The minimum atomic E-state index is -4.53. The van der Waals surface area contributed by atoms with Crippen molar-refractivity contribution in [2.45, 2.75) is 41.8 Å². The number of aromatic nitrogens is 2. The normalized spacial score (nSPS) is 15.2. The maximum absolute atomic E-state index is 12.8. The van der Waals surface area contributed by atoms with E-state index in [-0.39, 0.29) is 15.2 Å². The highest BCUT2D eigenvalue weighted by atomic mass is 35.5. The van der Waals surface area contributed by atoms with E-state index in [1.807, 2.05) is 0 Å². The van der Waals surface area contributed by atoms with Crippen molar-refractivity contribution in [1.82, 2.24) is 9.97 Å². The van der Waals surface area contributed by atoms with Crippen LogP contribution in [-0.4, -0.2) is 18.4 Å². The van der Waals surface area contributed by atoms with Gasteiger partial charge < -0.3 is 0 Å². The van der Waals surface area contributed by atoms with Crippen LogP contribution in [0.4, 0.5) is 13.2 Å². The van der Waals surface area contributed by atoms with Crippen LogP contribution in [0.5, 0.6) is 0 Å². The number of rotatable bonds is 2. The summed E-state index contributed by atoms with van der Waals surface area (Å²) in [5.41, 5.74) is 0.182. The summed E-state index contributed by atoms with van der Waals surface area (Å²) in [5, 5.41) is -0.391. The van der Waals surface area contributed by atoms with Gasteiger partial charge in [0.2, 0.25) is 15.1 Å². The zero-order valence-electron chi connectivity index (χ0n) is 12.3. The van der Waals surface area contributed by atoms with E-state index in [1.165, 1.54) is 0 Å². The lowest BCUT2D eigenvalue weighted by molar-refractivity contribution is -0.137. The minimum absolute atomic E-state index is 0.180. The number of benzene rings is 1. The molecular weight excluding hydrogens is 365 g/mol. The van der Waals surface area contributed by atoms with Gasteiger partial charge in [0.25, 0.3) is 0 Å². The fourth-order valence-corrected chi connectivity index (χ4v) is 4.39. The summed E-state index contributed by atoms with van der Waals surface area (Å²) in [6.45, 7) is 0. The molecule has 0 atom stereocenters. The molecular formula is C15H12ClF3N2O2S. The van der Waals surface area contributed by atoms with E-state index in [1.54, 1.807) is 0 Å². The monoisotopic (exact) mass is 376 g/mol. The van der Waals surface area contributed by atoms with Gasteiger partial charge >= 0.3 is 6.18 Å². The molecule has 128 valence electrons. The number of hydrogen-bond donors (Lipinski definition) is 0. The Balaban J connectivity index is 2.10. The average Bonchev–Trinajstić information content (AvgIpc) is 2.53. The summed E-state index contributed by atoms with van der Waals surface area (Å²) < 4.78 is 63.5. The van der Waals surface area contributed by atoms with Crippen molar-refractivity contribution in [2.24, 2.45) is 0 Å². The summed E-state index contributed by atoms with van der Waals surface area (Å²) in [6, 6.07) is 3.34. The van der Waals surface area contributed by atoms with Crippen molar-refractivity contribution in [1.29, 1.82) is 0 Å². The Hall–Kier alpha value is -1.67. The molecule has 1 aromatic heterocycles. The Bertz CT molecular complexity index is 881. The van der Waals surface area contributed by atoms with Gasteiger partial charge in [0.05, 0.1) is 10.5 Å².